The first-order valence-electron chi connectivity index (χ1n) is 15.9. The summed E-state index contributed by atoms with van der Waals surface area (Å²) in [6.45, 7) is 5.83. The number of hydrogen-bond acceptors (Lipinski definition) is 9. The first-order valence-corrected chi connectivity index (χ1v) is 17.6. The fourth-order valence-corrected chi connectivity index (χ4v) is 6.77. The molecule has 1 atom stereocenters. The quantitative estimate of drug-likeness (QED) is 0.0825. The van der Waals surface area contributed by atoms with Gasteiger partial charge in [-0.3, -0.25) is 14.4 Å². The molecule has 1 unspecified atom stereocenters. The van der Waals surface area contributed by atoms with E-state index in [0.29, 0.717) is 39.2 Å². The second-order valence-electron chi connectivity index (χ2n) is 11.3. The molecule has 3 N–H and O–H groups in total. The van der Waals surface area contributed by atoms with Crippen molar-refractivity contribution in [2.24, 2.45) is 0 Å². The van der Waals surface area contributed by atoms with Gasteiger partial charge in [0.15, 0.2) is 16.6 Å². The van der Waals surface area contributed by atoms with Crippen LogP contribution in [-0.4, -0.2) is 49.3 Å². The minimum Gasteiger partial charge on any atom is -0.496 e. The lowest BCUT2D eigenvalue weighted by molar-refractivity contribution is -0.115. The van der Waals surface area contributed by atoms with Crippen molar-refractivity contribution in [3.05, 3.63) is 118 Å². The highest BCUT2D eigenvalue weighted by molar-refractivity contribution is 8.00. The third kappa shape index (κ3) is 9.35. The Hall–Kier alpha value is -5.59. The number of carbonyl (C=O) groups excluding carboxylic acids is 3. The maximum Gasteiger partial charge on any atom is 0.272 e. The van der Waals surface area contributed by atoms with Crippen molar-refractivity contribution in [3.8, 4) is 28.5 Å². The molecule has 51 heavy (non-hydrogen) atoms. The highest BCUT2D eigenvalue weighted by Gasteiger charge is 2.20. The average Bonchev–Trinajstić information content (AvgIpc) is 3.50. The van der Waals surface area contributed by atoms with Crippen molar-refractivity contribution in [3.63, 3.8) is 0 Å². The van der Waals surface area contributed by atoms with Gasteiger partial charge in [0.25, 0.3) is 11.8 Å². The number of benzene rings is 4. The standard InChI is InChI=1S/C39H38N4O6S2/c1-23-15-17-26(18-16-23)35-24(2)51-39(42-35)43-36(44)25(3)50-30-14-10-13-29(21-30)40-38(46)31(41-37(45)27-11-8-7-9-12-27)19-28-20-33(48-5)34(49-6)22-32(28)47-4/h7-22,25H,1-6H3,(H,40,46)(H,41,45)(H,42,43,44)/b31-19+. The number of ether oxygens (including phenoxy) is 3. The van der Waals surface area contributed by atoms with Crippen LogP contribution in [0.1, 0.15) is 33.3 Å². The van der Waals surface area contributed by atoms with E-state index in [9.17, 15) is 14.4 Å². The van der Waals surface area contributed by atoms with Crippen LogP contribution in [0.5, 0.6) is 17.2 Å². The van der Waals surface area contributed by atoms with E-state index in [2.05, 4.69) is 20.9 Å². The third-order valence-corrected chi connectivity index (χ3v) is 9.67. The van der Waals surface area contributed by atoms with Crippen LogP contribution in [0.15, 0.2) is 102 Å². The van der Waals surface area contributed by atoms with Gasteiger partial charge in [-0.2, -0.15) is 0 Å². The molecule has 4 aromatic carbocycles. The van der Waals surface area contributed by atoms with Crippen molar-refractivity contribution in [2.45, 2.75) is 30.9 Å². The number of anilines is 2. The summed E-state index contributed by atoms with van der Waals surface area (Å²) >= 11 is 2.77. The summed E-state index contributed by atoms with van der Waals surface area (Å²) in [6, 6.07) is 27.1. The predicted molar refractivity (Wildman–Crippen MR) is 204 cm³/mol. The largest absolute Gasteiger partial charge is 0.496 e. The minimum atomic E-state index is -0.576. The zero-order valence-electron chi connectivity index (χ0n) is 29.0. The topological polar surface area (TPSA) is 128 Å². The fraction of sp³-hybridized carbons (Fsp3) is 0.179. The molecule has 0 bridgehead atoms. The van der Waals surface area contributed by atoms with Crippen molar-refractivity contribution in [1.82, 2.24) is 10.3 Å². The van der Waals surface area contributed by atoms with E-state index in [1.54, 1.807) is 60.7 Å². The van der Waals surface area contributed by atoms with Crippen LogP contribution in [0.4, 0.5) is 10.8 Å². The van der Waals surface area contributed by atoms with Crippen LogP contribution in [0, 0.1) is 13.8 Å². The molecule has 12 heteroatoms. The van der Waals surface area contributed by atoms with E-state index in [1.165, 1.54) is 50.5 Å². The molecule has 3 amide bonds. The van der Waals surface area contributed by atoms with Gasteiger partial charge in [0.05, 0.1) is 32.3 Å². The Morgan fingerprint density at radius 1 is 0.804 bits per heavy atom. The van der Waals surface area contributed by atoms with Crippen LogP contribution in [0.25, 0.3) is 17.3 Å². The summed E-state index contributed by atoms with van der Waals surface area (Å²) in [5.41, 5.74) is 4.28. The molecular weight excluding hydrogens is 685 g/mol. The second-order valence-corrected chi connectivity index (χ2v) is 14.0. The first kappa shape index (κ1) is 36.7. The predicted octanol–water partition coefficient (Wildman–Crippen LogP) is 7.98. The summed E-state index contributed by atoms with van der Waals surface area (Å²) in [5, 5.41) is 8.63. The molecule has 0 aliphatic rings. The van der Waals surface area contributed by atoms with Gasteiger partial charge in [0.1, 0.15) is 11.4 Å². The number of methoxy groups -OCH3 is 3. The average molecular weight is 723 g/mol. The van der Waals surface area contributed by atoms with Gasteiger partial charge in [-0.25, -0.2) is 4.98 Å². The lowest BCUT2D eigenvalue weighted by atomic mass is 10.1. The molecule has 5 rings (SSSR count). The second kappa shape index (κ2) is 16.9. The lowest BCUT2D eigenvalue weighted by Crippen LogP contribution is -2.30. The van der Waals surface area contributed by atoms with Gasteiger partial charge in [-0.05, 0) is 63.2 Å². The summed E-state index contributed by atoms with van der Waals surface area (Å²) in [5.74, 6) is 0.0119. The molecule has 10 nitrogen and oxygen atoms in total. The Bertz CT molecular complexity index is 2060. The van der Waals surface area contributed by atoms with Crippen molar-refractivity contribution < 1.29 is 28.6 Å². The number of rotatable bonds is 13. The van der Waals surface area contributed by atoms with Crippen molar-refractivity contribution in [1.29, 1.82) is 0 Å². The Kier molecular flexibility index (Phi) is 12.1. The van der Waals surface area contributed by atoms with E-state index < -0.39 is 17.1 Å². The minimum absolute atomic E-state index is 0.0380. The summed E-state index contributed by atoms with van der Waals surface area (Å²) in [7, 11) is 4.50. The van der Waals surface area contributed by atoms with E-state index in [4.69, 9.17) is 14.2 Å². The number of carbonyl (C=O) groups is 3. The molecule has 5 aromatic rings. The zero-order valence-corrected chi connectivity index (χ0v) is 30.7. The number of aryl methyl sites for hydroxylation is 2. The van der Waals surface area contributed by atoms with Gasteiger partial charge in [-0.15, -0.1) is 23.1 Å². The van der Waals surface area contributed by atoms with Gasteiger partial charge < -0.3 is 30.2 Å². The SMILES string of the molecule is COc1cc(OC)c(OC)cc1/C=C(/NC(=O)c1ccccc1)C(=O)Nc1cccc(SC(C)C(=O)Nc2nc(-c3ccc(C)cc3)c(C)s2)c1. The van der Waals surface area contributed by atoms with Gasteiger partial charge >= 0.3 is 0 Å². The number of aromatic nitrogens is 1. The monoisotopic (exact) mass is 722 g/mol. The van der Waals surface area contributed by atoms with Crippen LogP contribution in [-0.2, 0) is 9.59 Å². The maximum atomic E-state index is 13.8. The Balaban J connectivity index is 1.33. The molecule has 1 aromatic heterocycles. The van der Waals surface area contributed by atoms with E-state index in [1.807, 2.05) is 51.1 Å². The molecule has 0 radical (unpaired) electrons. The number of hydrogen-bond donors (Lipinski definition) is 3. The molecule has 0 saturated carbocycles. The molecule has 0 aliphatic carbocycles. The number of nitrogens with zero attached hydrogens (tertiary/aromatic N) is 1. The van der Waals surface area contributed by atoms with Crippen LogP contribution >= 0.6 is 23.1 Å². The van der Waals surface area contributed by atoms with E-state index in [0.717, 1.165) is 26.6 Å². The lowest BCUT2D eigenvalue weighted by Gasteiger charge is -2.15. The number of nitrogens with one attached hydrogen (secondary N) is 3. The van der Waals surface area contributed by atoms with Crippen LogP contribution in [0.2, 0.25) is 0 Å². The Labute approximate surface area is 305 Å². The summed E-state index contributed by atoms with van der Waals surface area (Å²) in [6.07, 6.45) is 1.51. The van der Waals surface area contributed by atoms with Gasteiger partial charge in [0.2, 0.25) is 5.91 Å². The smallest absolute Gasteiger partial charge is 0.272 e. The molecule has 0 saturated heterocycles. The van der Waals surface area contributed by atoms with E-state index >= 15 is 0 Å². The molecule has 0 aliphatic heterocycles. The Morgan fingerprint density at radius 2 is 1.49 bits per heavy atom. The molecule has 0 fully saturated rings. The van der Waals surface area contributed by atoms with Crippen molar-refractivity contribution in [2.75, 3.05) is 32.0 Å². The summed E-state index contributed by atoms with van der Waals surface area (Å²) in [4.78, 5) is 46.6. The Morgan fingerprint density at radius 3 is 2.18 bits per heavy atom. The van der Waals surface area contributed by atoms with Gasteiger partial charge in [-0.1, -0.05) is 54.1 Å². The highest BCUT2D eigenvalue weighted by atomic mass is 32.2. The molecule has 262 valence electrons. The normalized spacial score (nSPS) is 11.7. The molecular formula is C39H38N4O6S2. The maximum absolute atomic E-state index is 13.8. The number of thioether (sulfide) groups is 1. The number of amides is 3. The molecule has 1 heterocycles. The zero-order chi connectivity index (χ0) is 36.5. The fourth-order valence-electron chi connectivity index (χ4n) is 5.00. The van der Waals surface area contributed by atoms with Crippen LogP contribution in [0.3, 0.4) is 0 Å². The van der Waals surface area contributed by atoms with E-state index in [-0.39, 0.29) is 11.6 Å². The van der Waals surface area contributed by atoms with Crippen molar-refractivity contribution >= 4 is 57.7 Å². The third-order valence-electron chi connectivity index (χ3n) is 7.69. The first-order chi connectivity index (χ1) is 24.6. The highest BCUT2D eigenvalue weighted by Crippen LogP contribution is 2.36. The van der Waals surface area contributed by atoms with Gasteiger partial charge in [0, 0.05) is 38.2 Å². The summed E-state index contributed by atoms with van der Waals surface area (Å²) < 4.78 is 16.4. The van der Waals surface area contributed by atoms with Crippen LogP contribution < -0.4 is 30.2 Å². The number of thiazole rings is 1. The molecule has 0 spiro atoms.